The minimum absolute atomic E-state index is 0.0618. The van der Waals surface area contributed by atoms with Crippen molar-refractivity contribution in [3.05, 3.63) is 34.5 Å². The second-order valence-electron chi connectivity index (χ2n) is 4.82. The Bertz CT molecular complexity index is 709. The molecular formula is C15H16ClNO5. The van der Waals surface area contributed by atoms with Crippen molar-refractivity contribution in [2.75, 3.05) is 13.7 Å². The van der Waals surface area contributed by atoms with Crippen LogP contribution in [-0.4, -0.2) is 36.7 Å². The lowest BCUT2D eigenvalue weighted by Crippen LogP contribution is -2.41. The Hall–Kier alpha value is -2.05. The molecule has 22 heavy (non-hydrogen) atoms. The second-order valence-corrected chi connectivity index (χ2v) is 5.23. The number of ether oxygens (including phenoxy) is 1. The Labute approximate surface area is 132 Å². The minimum Gasteiger partial charge on any atom is -0.480 e. The summed E-state index contributed by atoms with van der Waals surface area (Å²) in [7, 11) is 1.46. The number of para-hydroxylation sites is 1. The second kappa shape index (κ2) is 6.81. The van der Waals surface area contributed by atoms with Crippen LogP contribution in [-0.2, 0) is 9.53 Å². The molecule has 0 radical (unpaired) electrons. The highest BCUT2D eigenvalue weighted by atomic mass is 35.5. The molecule has 0 aliphatic carbocycles. The zero-order valence-corrected chi connectivity index (χ0v) is 12.9. The Morgan fingerprint density at radius 1 is 1.45 bits per heavy atom. The molecule has 2 aromatic rings. The molecular weight excluding hydrogens is 310 g/mol. The highest BCUT2D eigenvalue weighted by Crippen LogP contribution is 2.30. The third-order valence-electron chi connectivity index (χ3n) is 3.34. The number of aliphatic carboxylic acids is 1. The molecule has 0 saturated carbocycles. The number of methoxy groups -OCH3 is 1. The van der Waals surface area contributed by atoms with E-state index < -0.39 is 17.9 Å². The van der Waals surface area contributed by atoms with Crippen LogP contribution in [0.15, 0.2) is 22.6 Å². The van der Waals surface area contributed by atoms with Crippen LogP contribution in [0.2, 0.25) is 5.02 Å². The zero-order valence-electron chi connectivity index (χ0n) is 12.2. The number of aryl methyl sites for hydroxylation is 1. The fourth-order valence-corrected chi connectivity index (χ4v) is 2.36. The zero-order chi connectivity index (χ0) is 16.3. The van der Waals surface area contributed by atoms with Crippen molar-refractivity contribution in [3.63, 3.8) is 0 Å². The molecule has 0 spiro atoms. The summed E-state index contributed by atoms with van der Waals surface area (Å²) in [6.45, 7) is 1.95. The van der Waals surface area contributed by atoms with Gasteiger partial charge in [-0.2, -0.15) is 0 Å². The topological polar surface area (TPSA) is 88.8 Å². The minimum atomic E-state index is -1.13. The van der Waals surface area contributed by atoms with Crippen LogP contribution in [0.1, 0.15) is 22.5 Å². The number of amides is 1. The maximum atomic E-state index is 12.3. The van der Waals surface area contributed by atoms with E-state index in [2.05, 4.69) is 5.32 Å². The molecule has 1 amide bonds. The number of rotatable bonds is 6. The number of fused-ring (bicyclic) bond motifs is 1. The number of carbonyl (C=O) groups is 2. The molecule has 1 unspecified atom stereocenters. The Morgan fingerprint density at radius 2 is 2.18 bits per heavy atom. The molecule has 0 aliphatic rings. The van der Waals surface area contributed by atoms with Gasteiger partial charge in [0.2, 0.25) is 0 Å². The van der Waals surface area contributed by atoms with Crippen LogP contribution in [0, 0.1) is 6.92 Å². The SMILES string of the molecule is COCCC(NC(=O)c1oc2c(Cl)cccc2c1C)C(=O)O. The number of nitrogens with one attached hydrogen (secondary N) is 1. The van der Waals surface area contributed by atoms with Gasteiger partial charge in [0.1, 0.15) is 6.04 Å². The third-order valence-corrected chi connectivity index (χ3v) is 3.63. The molecule has 118 valence electrons. The van der Waals surface area contributed by atoms with E-state index in [0.717, 1.165) is 5.39 Å². The van der Waals surface area contributed by atoms with E-state index in [1.165, 1.54) is 7.11 Å². The molecule has 7 heteroatoms. The maximum absolute atomic E-state index is 12.3. The molecule has 2 N–H and O–H groups in total. The first kappa shape index (κ1) is 16.3. The fraction of sp³-hybridized carbons (Fsp3) is 0.333. The Morgan fingerprint density at radius 3 is 2.77 bits per heavy atom. The number of carboxylic acid groups (broad SMARTS) is 1. The van der Waals surface area contributed by atoms with Gasteiger partial charge in [-0.25, -0.2) is 4.79 Å². The maximum Gasteiger partial charge on any atom is 0.326 e. The molecule has 1 heterocycles. The van der Waals surface area contributed by atoms with Crippen molar-refractivity contribution < 1.29 is 23.8 Å². The van der Waals surface area contributed by atoms with E-state index in [-0.39, 0.29) is 18.8 Å². The lowest BCUT2D eigenvalue weighted by Gasteiger charge is -2.13. The van der Waals surface area contributed by atoms with Crippen LogP contribution in [0.3, 0.4) is 0 Å². The molecule has 0 fully saturated rings. The van der Waals surface area contributed by atoms with Crippen molar-refractivity contribution in [2.45, 2.75) is 19.4 Å². The van der Waals surface area contributed by atoms with Crippen molar-refractivity contribution in [1.82, 2.24) is 5.32 Å². The summed E-state index contributed by atoms with van der Waals surface area (Å²) in [6, 6.07) is 4.16. The summed E-state index contributed by atoms with van der Waals surface area (Å²) in [4.78, 5) is 23.4. The highest BCUT2D eigenvalue weighted by Gasteiger charge is 2.24. The van der Waals surface area contributed by atoms with Crippen molar-refractivity contribution in [1.29, 1.82) is 0 Å². The summed E-state index contributed by atoms with van der Waals surface area (Å²) in [6.07, 6.45) is 0.164. The van der Waals surface area contributed by atoms with Gasteiger partial charge in [0, 0.05) is 31.1 Å². The molecule has 6 nitrogen and oxygen atoms in total. The summed E-state index contributed by atoms with van der Waals surface area (Å²) in [5, 5.41) is 12.7. The number of carbonyl (C=O) groups excluding carboxylic acids is 1. The van der Waals surface area contributed by atoms with Gasteiger partial charge in [-0.05, 0) is 13.0 Å². The predicted octanol–water partition coefficient (Wildman–Crippen LogP) is 2.61. The molecule has 1 atom stereocenters. The lowest BCUT2D eigenvalue weighted by molar-refractivity contribution is -0.139. The van der Waals surface area contributed by atoms with E-state index in [9.17, 15) is 9.59 Å². The van der Waals surface area contributed by atoms with E-state index in [1.54, 1.807) is 25.1 Å². The van der Waals surface area contributed by atoms with Gasteiger partial charge in [-0.1, -0.05) is 23.7 Å². The van der Waals surface area contributed by atoms with Crippen molar-refractivity contribution >= 4 is 34.4 Å². The Kier molecular flexibility index (Phi) is 5.05. The van der Waals surface area contributed by atoms with E-state index >= 15 is 0 Å². The van der Waals surface area contributed by atoms with Gasteiger partial charge < -0.3 is 19.6 Å². The van der Waals surface area contributed by atoms with Crippen molar-refractivity contribution in [3.8, 4) is 0 Å². The molecule has 1 aromatic carbocycles. The van der Waals surface area contributed by atoms with E-state index in [0.29, 0.717) is 16.2 Å². The van der Waals surface area contributed by atoms with Gasteiger partial charge in [0.25, 0.3) is 5.91 Å². The first-order chi connectivity index (χ1) is 10.5. The predicted molar refractivity (Wildman–Crippen MR) is 81.3 cm³/mol. The summed E-state index contributed by atoms with van der Waals surface area (Å²) < 4.78 is 10.4. The third kappa shape index (κ3) is 3.23. The number of hydrogen-bond donors (Lipinski definition) is 2. The standard InChI is InChI=1S/C15H16ClNO5/c1-8-9-4-3-5-10(16)13(9)22-12(8)14(18)17-11(15(19)20)6-7-21-2/h3-5,11H,6-7H2,1-2H3,(H,17,18)(H,19,20). The van der Waals surface area contributed by atoms with Gasteiger partial charge >= 0.3 is 5.97 Å². The van der Waals surface area contributed by atoms with E-state index in [4.69, 9.17) is 25.9 Å². The van der Waals surface area contributed by atoms with Gasteiger partial charge in [0.15, 0.2) is 11.3 Å². The van der Waals surface area contributed by atoms with Crippen LogP contribution in [0.25, 0.3) is 11.0 Å². The molecule has 0 bridgehead atoms. The first-order valence-electron chi connectivity index (χ1n) is 6.66. The normalized spacial score (nSPS) is 12.3. The lowest BCUT2D eigenvalue weighted by atomic mass is 10.1. The van der Waals surface area contributed by atoms with Gasteiger partial charge in [-0.3, -0.25) is 4.79 Å². The molecule has 0 saturated heterocycles. The molecule has 0 aliphatic heterocycles. The largest absolute Gasteiger partial charge is 0.480 e. The average Bonchev–Trinajstić information content (AvgIpc) is 2.82. The van der Waals surface area contributed by atoms with Crippen LogP contribution in [0.5, 0.6) is 0 Å². The molecule has 1 aromatic heterocycles. The van der Waals surface area contributed by atoms with Gasteiger partial charge in [0.05, 0.1) is 5.02 Å². The van der Waals surface area contributed by atoms with E-state index in [1.807, 2.05) is 0 Å². The summed E-state index contributed by atoms with van der Waals surface area (Å²) in [5.41, 5.74) is 1.03. The van der Waals surface area contributed by atoms with Crippen LogP contribution < -0.4 is 5.32 Å². The fourth-order valence-electron chi connectivity index (χ4n) is 2.14. The molecule has 2 rings (SSSR count). The number of carboxylic acids is 1. The Balaban J connectivity index is 2.27. The van der Waals surface area contributed by atoms with Crippen LogP contribution in [0.4, 0.5) is 0 Å². The summed E-state index contributed by atoms with van der Waals surface area (Å²) in [5.74, 6) is -1.66. The van der Waals surface area contributed by atoms with Crippen molar-refractivity contribution in [2.24, 2.45) is 0 Å². The quantitative estimate of drug-likeness (QED) is 0.852. The average molecular weight is 326 g/mol. The first-order valence-corrected chi connectivity index (χ1v) is 7.03. The smallest absolute Gasteiger partial charge is 0.326 e. The summed E-state index contributed by atoms with van der Waals surface area (Å²) >= 11 is 6.04. The number of benzene rings is 1. The van der Waals surface area contributed by atoms with Gasteiger partial charge in [-0.15, -0.1) is 0 Å². The number of halogens is 1. The van der Waals surface area contributed by atoms with Crippen LogP contribution >= 0.6 is 11.6 Å². The monoisotopic (exact) mass is 325 g/mol. The highest BCUT2D eigenvalue weighted by molar-refractivity contribution is 6.35. The number of hydrogen-bond acceptors (Lipinski definition) is 4. The number of furan rings is 1.